The minimum Gasteiger partial charge on any atom is -0.332 e. The summed E-state index contributed by atoms with van der Waals surface area (Å²) in [6, 6.07) is 31.2. The van der Waals surface area contributed by atoms with Crippen molar-refractivity contribution in [2.75, 3.05) is 33.7 Å². The highest BCUT2D eigenvalue weighted by atomic mass is 16.2. The lowest BCUT2D eigenvalue weighted by Crippen LogP contribution is -2.50. The zero-order chi connectivity index (χ0) is 39.8. The molecule has 57 heavy (non-hydrogen) atoms. The summed E-state index contributed by atoms with van der Waals surface area (Å²) in [6.07, 6.45) is 3.23. The largest absolute Gasteiger partial charge is 0.332 e. The number of anilines is 4. The van der Waals surface area contributed by atoms with Crippen LogP contribution >= 0.6 is 0 Å². The number of hydrogen-bond acceptors (Lipinski definition) is 8. The molecule has 4 N–H and O–H groups in total. The van der Waals surface area contributed by atoms with Crippen LogP contribution in [0.4, 0.5) is 22.7 Å². The van der Waals surface area contributed by atoms with E-state index < -0.39 is 0 Å². The number of benzene rings is 4. The van der Waals surface area contributed by atoms with E-state index in [9.17, 15) is 19.2 Å². The second-order valence-corrected chi connectivity index (χ2v) is 15.8. The summed E-state index contributed by atoms with van der Waals surface area (Å²) in [4.78, 5) is 60.4. The van der Waals surface area contributed by atoms with Crippen molar-refractivity contribution in [1.29, 1.82) is 0 Å². The first-order chi connectivity index (χ1) is 27.6. The molecular weight excluding hydrogens is 717 g/mol. The molecule has 4 amide bonds. The smallest absolute Gasteiger partial charge is 0.254 e. The number of piperazine rings is 1. The standard InChI is InChI=1S/C45H52N8O4/c1-5-42(54)52-28(3)23-38(36-11-7-9-13-40(36)52)48-46-32-19-15-30(16-20-32)44(56)50-26-35-25-34(50)27-51(35)45(57)31-17-21-33(22-18-31)47-49-39-24-29(4)53(43(55)6-2)41-14-10-8-12-37(39)41/h7-22,28-29,34-35,38-39,46-49H,5-6,23-27H2,1-4H3/t28-,29-,34?,35?,38+,39+/m0/s1. The molecule has 2 bridgehead atoms. The van der Waals surface area contributed by atoms with E-state index in [2.05, 4.69) is 47.7 Å². The van der Waals surface area contributed by atoms with Crippen LogP contribution in [-0.2, 0) is 9.59 Å². The molecule has 8 rings (SSSR count). The van der Waals surface area contributed by atoms with E-state index in [1.165, 1.54) is 0 Å². The quantitative estimate of drug-likeness (QED) is 0.130. The number of hydrogen-bond donors (Lipinski definition) is 4. The normalized spacial score (nSPS) is 23.5. The maximum absolute atomic E-state index is 13.7. The number of carbonyl (C=O) groups excluding carboxylic acids is 4. The van der Waals surface area contributed by atoms with Crippen molar-refractivity contribution in [1.82, 2.24) is 20.7 Å². The SMILES string of the molecule is CCC(=O)N1c2ccccc2[C@H](NNc2ccc(C(=O)N3CC4CC3CN4C(=O)c3ccc(NN[C@@H]4C[C@H](C)N(C(=O)CC)c5ccccc54)cc3)cc2)C[C@@H]1C. The van der Waals surface area contributed by atoms with E-state index in [1.807, 2.05) is 118 Å². The fourth-order valence-corrected chi connectivity index (χ4v) is 9.23. The number of amides is 4. The Bertz CT molecular complexity index is 1990. The first-order valence-corrected chi connectivity index (χ1v) is 20.3. The van der Waals surface area contributed by atoms with Gasteiger partial charge >= 0.3 is 0 Å². The van der Waals surface area contributed by atoms with E-state index in [0.717, 1.165) is 53.1 Å². The molecule has 4 aromatic carbocycles. The number of nitrogens with zero attached hydrogens (tertiary/aromatic N) is 4. The topological polar surface area (TPSA) is 129 Å². The summed E-state index contributed by atoms with van der Waals surface area (Å²) in [7, 11) is 0. The van der Waals surface area contributed by atoms with Gasteiger partial charge in [0.05, 0.1) is 24.2 Å². The summed E-state index contributed by atoms with van der Waals surface area (Å²) in [5.41, 5.74) is 20.5. The van der Waals surface area contributed by atoms with Crippen LogP contribution in [0.15, 0.2) is 97.1 Å². The van der Waals surface area contributed by atoms with E-state index in [0.29, 0.717) is 37.1 Å². The van der Waals surface area contributed by atoms with Crippen molar-refractivity contribution < 1.29 is 19.2 Å². The summed E-state index contributed by atoms with van der Waals surface area (Å²) in [6.45, 7) is 8.98. The van der Waals surface area contributed by atoms with Gasteiger partial charge in [0.25, 0.3) is 11.8 Å². The van der Waals surface area contributed by atoms with Crippen molar-refractivity contribution in [3.05, 3.63) is 119 Å². The monoisotopic (exact) mass is 768 g/mol. The van der Waals surface area contributed by atoms with E-state index >= 15 is 0 Å². The summed E-state index contributed by atoms with van der Waals surface area (Å²) in [5.74, 6) is 0.203. The van der Waals surface area contributed by atoms with Gasteiger partial charge in [0.2, 0.25) is 11.8 Å². The Balaban J connectivity index is 0.834. The number of para-hydroxylation sites is 2. The zero-order valence-corrected chi connectivity index (χ0v) is 33.1. The van der Waals surface area contributed by atoms with Gasteiger partial charge in [0.1, 0.15) is 0 Å². The van der Waals surface area contributed by atoms with Crippen LogP contribution in [-0.4, -0.2) is 70.7 Å². The maximum atomic E-state index is 13.7. The van der Waals surface area contributed by atoms with Crippen molar-refractivity contribution in [2.24, 2.45) is 0 Å². The predicted octanol–water partition coefficient (Wildman–Crippen LogP) is 6.81. The molecule has 0 aromatic heterocycles. The first kappa shape index (κ1) is 38.2. The third-order valence-electron chi connectivity index (χ3n) is 12.1. The molecule has 12 nitrogen and oxygen atoms in total. The van der Waals surface area contributed by atoms with Crippen LogP contribution in [0.3, 0.4) is 0 Å². The van der Waals surface area contributed by atoms with Gasteiger partial charge in [-0.25, -0.2) is 10.9 Å². The van der Waals surface area contributed by atoms with Gasteiger partial charge in [0.15, 0.2) is 0 Å². The molecule has 2 saturated heterocycles. The summed E-state index contributed by atoms with van der Waals surface area (Å²) in [5, 5.41) is 0. The van der Waals surface area contributed by atoms with Crippen LogP contribution in [0.1, 0.15) is 104 Å². The van der Waals surface area contributed by atoms with Crippen molar-refractivity contribution in [3.8, 4) is 0 Å². The average Bonchev–Trinajstić information content (AvgIpc) is 3.86. The Kier molecular flexibility index (Phi) is 10.7. The summed E-state index contributed by atoms with van der Waals surface area (Å²) < 4.78 is 0. The molecular formula is C45H52N8O4. The first-order valence-electron chi connectivity index (χ1n) is 20.3. The molecule has 0 radical (unpaired) electrons. The molecule has 4 aliphatic heterocycles. The lowest BCUT2D eigenvalue weighted by atomic mass is 9.92. The number of rotatable bonds is 10. The highest BCUT2D eigenvalue weighted by Gasteiger charge is 2.47. The fourth-order valence-electron chi connectivity index (χ4n) is 9.23. The second kappa shape index (κ2) is 16.0. The number of likely N-dealkylation sites (tertiary alicyclic amines) is 2. The van der Waals surface area contributed by atoms with Gasteiger partial charge in [-0.1, -0.05) is 50.2 Å². The van der Waals surface area contributed by atoms with Gasteiger partial charge in [-0.05, 0) is 105 Å². The van der Waals surface area contributed by atoms with Crippen LogP contribution < -0.4 is 31.5 Å². The zero-order valence-electron chi connectivity index (χ0n) is 33.1. The van der Waals surface area contributed by atoms with Crippen LogP contribution in [0.25, 0.3) is 0 Å². The minimum atomic E-state index is -0.0209. The molecule has 12 heteroatoms. The molecule has 6 atom stereocenters. The number of hydrazine groups is 2. The number of carbonyl (C=O) groups is 4. The van der Waals surface area contributed by atoms with Crippen LogP contribution in [0, 0.1) is 0 Å². The Hall–Kier alpha value is -5.72. The highest BCUT2D eigenvalue weighted by Crippen LogP contribution is 2.39. The van der Waals surface area contributed by atoms with Crippen LogP contribution in [0.2, 0.25) is 0 Å². The molecule has 0 saturated carbocycles. The van der Waals surface area contributed by atoms with Gasteiger partial charge in [-0.15, -0.1) is 0 Å². The average molecular weight is 769 g/mol. The molecule has 4 heterocycles. The van der Waals surface area contributed by atoms with Gasteiger partial charge in [0, 0.05) is 71.9 Å². The lowest BCUT2D eigenvalue weighted by Gasteiger charge is -2.39. The van der Waals surface area contributed by atoms with Gasteiger partial charge < -0.3 is 30.5 Å². The van der Waals surface area contributed by atoms with E-state index in [-0.39, 0.29) is 59.9 Å². The molecule has 4 aromatic rings. The number of fused-ring (bicyclic) bond motifs is 4. The predicted molar refractivity (Wildman–Crippen MR) is 223 cm³/mol. The third kappa shape index (κ3) is 7.35. The maximum Gasteiger partial charge on any atom is 0.254 e. The molecule has 2 fully saturated rings. The number of nitrogens with one attached hydrogen (secondary N) is 4. The molecule has 296 valence electrons. The van der Waals surface area contributed by atoms with Gasteiger partial charge in [-0.2, -0.15) is 0 Å². The Labute approximate surface area is 334 Å². The van der Waals surface area contributed by atoms with Crippen molar-refractivity contribution in [2.45, 2.75) is 96.1 Å². The van der Waals surface area contributed by atoms with E-state index in [4.69, 9.17) is 0 Å². The molecule has 0 spiro atoms. The molecule has 2 unspecified atom stereocenters. The summed E-state index contributed by atoms with van der Waals surface area (Å²) >= 11 is 0. The highest BCUT2D eigenvalue weighted by molar-refractivity contribution is 5.98. The Morgan fingerprint density at radius 1 is 0.544 bits per heavy atom. The van der Waals surface area contributed by atoms with Crippen molar-refractivity contribution in [3.63, 3.8) is 0 Å². The molecule has 4 aliphatic rings. The van der Waals surface area contributed by atoms with Gasteiger partial charge in [-0.3, -0.25) is 19.2 Å². The second-order valence-electron chi connectivity index (χ2n) is 15.8. The van der Waals surface area contributed by atoms with Crippen LogP contribution in [0.5, 0.6) is 0 Å². The molecule has 0 aliphatic carbocycles. The van der Waals surface area contributed by atoms with E-state index in [1.54, 1.807) is 0 Å². The lowest BCUT2D eigenvalue weighted by molar-refractivity contribution is -0.119. The third-order valence-corrected chi connectivity index (χ3v) is 12.1. The van der Waals surface area contributed by atoms with Crippen molar-refractivity contribution >= 4 is 46.4 Å². The Morgan fingerprint density at radius 2 is 0.930 bits per heavy atom. The minimum absolute atomic E-state index is 0.0112. The fraction of sp³-hybridized carbons (Fsp3) is 0.378. The Morgan fingerprint density at radius 3 is 1.30 bits per heavy atom.